The molecular formula is C18H27N. The third kappa shape index (κ3) is 2.72. The van der Waals surface area contributed by atoms with Crippen LogP contribution in [0.1, 0.15) is 56.6 Å². The second-order valence-corrected chi connectivity index (χ2v) is 6.96. The SMILES string of the molecule is Cc1ccc(C2CC(NC3CCC(C)C3C)C2)cc1. The standard InChI is InChI=1S/C18H27N/c1-12-4-7-15(8-5-12)16-10-17(11-16)19-18-9-6-13(2)14(18)3/h4-5,7-8,13-14,16-19H,6,9-11H2,1-3H3. The van der Waals surface area contributed by atoms with Crippen LogP contribution in [0.4, 0.5) is 0 Å². The Bertz CT molecular complexity index is 416. The molecule has 0 amide bonds. The van der Waals surface area contributed by atoms with Crippen molar-refractivity contribution in [3.8, 4) is 0 Å². The van der Waals surface area contributed by atoms with Gasteiger partial charge >= 0.3 is 0 Å². The molecule has 2 aliphatic carbocycles. The van der Waals surface area contributed by atoms with E-state index in [4.69, 9.17) is 0 Å². The van der Waals surface area contributed by atoms with Gasteiger partial charge < -0.3 is 5.32 Å². The van der Waals surface area contributed by atoms with Crippen molar-refractivity contribution in [1.82, 2.24) is 5.32 Å². The first kappa shape index (κ1) is 13.2. The van der Waals surface area contributed by atoms with Gasteiger partial charge in [-0.2, -0.15) is 0 Å². The Kier molecular flexibility index (Phi) is 3.66. The van der Waals surface area contributed by atoms with Gasteiger partial charge in [-0.3, -0.25) is 0 Å². The van der Waals surface area contributed by atoms with Gasteiger partial charge in [0.05, 0.1) is 0 Å². The van der Waals surface area contributed by atoms with Crippen molar-refractivity contribution in [1.29, 1.82) is 0 Å². The van der Waals surface area contributed by atoms with Crippen LogP contribution >= 0.6 is 0 Å². The van der Waals surface area contributed by atoms with E-state index in [-0.39, 0.29) is 0 Å². The lowest BCUT2D eigenvalue weighted by molar-refractivity contribution is 0.239. The number of aryl methyl sites for hydroxylation is 1. The van der Waals surface area contributed by atoms with Crippen LogP contribution in [0.2, 0.25) is 0 Å². The Morgan fingerprint density at radius 2 is 1.68 bits per heavy atom. The summed E-state index contributed by atoms with van der Waals surface area (Å²) in [5, 5.41) is 3.91. The summed E-state index contributed by atoms with van der Waals surface area (Å²) in [5.74, 6) is 2.57. The summed E-state index contributed by atoms with van der Waals surface area (Å²) in [6.45, 7) is 6.99. The lowest BCUT2D eigenvalue weighted by Gasteiger charge is -2.39. The molecule has 2 saturated carbocycles. The number of hydrogen-bond acceptors (Lipinski definition) is 1. The Labute approximate surface area is 117 Å². The molecule has 2 fully saturated rings. The molecule has 1 heteroatoms. The van der Waals surface area contributed by atoms with E-state index in [0.29, 0.717) is 0 Å². The molecule has 0 spiro atoms. The van der Waals surface area contributed by atoms with Crippen LogP contribution in [0, 0.1) is 18.8 Å². The van der Waals surface area contributed by atoms with Gasteiger partial charge in [-0.25, -0.2) is 0 Å². The number of rotatable bonds is 3. The minimum atomic E-state index is 0.768. The van der Waals surface area contributed by atoms with Gasteiger partial charge in [0.15, 0.2) is 0 Å². The van der Waals surface area contributed by atoms with Crippen LogP contribution in [0.15, 0.2) is 24.3 Å². The fourth-order valence-electron chi connectivity index (χ4n) is 3.77. The fraction of sp³-hybridized carbons (Fsp3) is 0.667. The van der Waals surface area contributed by atoms with Crippen molar-refractivity contribution in [2.45, 2.75) is 64.5 Å². The molecule has 0 saturated heterocycles. The zero-order valence-corrected chi connectivity index (χ0v) is 12.5. The Hall–Kier alpha value is -0.820. The molecule has 0 radical (unpaired) electrons. The first-order chi connectivity index (χ1) is 9.13. The molecule has 0 bridgehead atoms. The summed E-state index contributed by atoms with van der Waals surface area (Å²) in [4.78, 5) is 0. The van der Waals surface area contributed by atoms with Gasteiger partial charge in [0, 0.05) is 12.1 Å². The van der Waals surface area contributed by atoms with Gasteiger partial charge in [0.1, 0.15) is 0 Å². The van der Waals surface area contributed by atoms with E-state index < -0.39 is 0 Å². The number of hydrogen-bond donors (Lipinski definition) is 1. The molecular weight excluding hydrogens is 230 g/mol. The molecule has 3 rings (SSSR count). The topological polar surface area (TPSA) is 12.0 Å². The molecule has 0 heterocycles. The molecule has 1 aromatic rings. The van der Waals surface area contributed by atoms with Crippen molar-refractivity contribution in [2.24, 2.45) is 11.8 Å². The van der Waals surface area contributed by atoms with Crippen LogP contribution in [0.25, 0.3) is 0 Å². The minimum absolute atomic E-state index is 0.768. The zero-order chi connectivity index (χ0) is 13.4. The molecule has 1 aromatic carbocycles. The molecule has 0 aliphatic heterocycles. The van der Waals surface area contributed by atoms with Gasteiger partial charge in [0.25, 0.3) is 0 Å². The highest BCUT2D eigenvalue weighted by Gasteiger charge is 2.36. The molecule has 1 N–H and O–H groups in total. The summed E-state index contributed by atoms with van der Waals surface area (Å²) in [7, 11) is 0. The molecule has 104 valence electrons. The summed E-state index contributed by atoms with van der Waals surface area (Å²) < 4.78 is 0. The van der Waals surface area contributed by atoms with E-state index in [1.807, 2.05) is 0 Å². The lowest BCUT2D eigenvalue weighted by atomic mass is 9.75. The highest BCUT2D eigenvalue weighted by molar-refractivity contribution is 5.26. The summed E-state index contributed by atoms with van der Waals surface area (Å²) in [5.41, 5.74) is 2.91. The predicted octanol–water partition coefficient (Wildman–Crippen LogP) is 4.27. The van der Waals surface area contributed by atoms with Crippen molar-refractivity contribution in [2.75, 3.05) is 0 Å². The van der Waals surface area contributed by atoms with E-state index in [2.05, 4.69) is 50.4 Å². The van der Waals surface area contributed by atoms with Gasteiger partial charge in [-0.15, -0.1) is 0 Å². The van der Waals surface area contributed by atoms with E-state index in [9.17, 15) is 0 Å². The molecule has 3 unspecified atom stereocenters. The summed E-state index contributed by atoms with van der Waals surface area (Å²) in [6, 6.07) is 10.7. The van der Waals surface area contributed by atoms with Crippen molar-refractivity contribution in [3.05, 3.63) is 35.4 Å². The van der Waals surface area contributed by atoms with Crippen LogP contribution in [-0.2, 0) is 0 Å². The maximum atomic E-state index is 3.91. The first-order valence-electron chi connectivity index (χ1n) is 7.96. The minimum Gasteiger partial charge on any atom is -0.311 e. The van der Waals surface area contributed by atoms with E-state index >= 15 is 0 Å². The fourth-order valence-corrected chi connectivity index (χ4v) is 3.77. The molecule has 19 heavy (non-hydrogen) atoms. The third-order valence-corrected chi connectivity index (χ3v) is 5.60. The highest BCUT2D eigenvalue weighted by atomic mass is 15.0. The Morgan fingerprint density at radius 1 is 1.00 bits per heavy atom. The van der Waals surface area contributed by atoms with Crippen LogP contribution in [0.5, 0.6) is 0 Å². The van der Waals surface area contributed by atoms with Crippen molar-refractivity contribution in [3.63, 3.8) is 0 Å². The van der Waals surface area contributed by atoms with E-state index in [1.165, 1.54) is 36.8 Å². The summed E-state index contributed by atoms with van der Waals surface area (Å²) >= 11 is 0. The molecule has 0 aromatic heterocycles. The highest BCUT2D eigenvalue weighted by Crippen LogP contribution is 2.39. The molecule has 1 nitrogen and oxygen atoms in total. The quantitative estimate of drug-likeness (QED) is 0.853. The Morgan fingerprint density at radius 3 is 2.26 bits per heavy atom. The maximum Gasteiger partial charge on any atom is 0.00979 e. The van der Waals surface area contributed by atoms with Crippen LogP contribution in [-0.4, -0.2) is 12.1 Å². The monoisotopic (exact) mass is 257 g/mol. The van der Waals surface area contributed by atoms with Crippen LogP contribution in [0.3, 0.4) is 0 Å². The van der Waals surface area contributed by atoms with Crippen molar-refractivity contribution >= 4 is 0 Å². The second kappa shape index (κ2) is 5.28. The number of nitrogens with one attached hydrogen (secondary N) is 1. The van der Waals surface area contributed by atoms with Gasteiger partial charge in [-0.05, 0) is 55.9 Å². The van der Waals surface area contributed by atoms with E-state index in [0.717, 1.165) is 29.8 Å². The summed E-state index contributed by atoms with van der Waals surface area (Å²) in [6.07, 6.45) is 5.46. The average Bonchev–Trinajstić information content (AvgIpc) is 2.66. The van der Waals surface area contributed by atoms with E-state index in [1.54, 1.807) is 0 Å². The zero-order valence-electron chi connectivity index (χ0n) is 12.5. The van der Waals surface area contributed by atoms with Crippen LogP contribution < -0.4 is 5.32 Å². The third-order valence-electron chi connectivity index (χ3n) is 5.60. The molecule has 3 atom stereocenters. The smallest absolute Gasteiger partial charge is 0.00979 e. The second-order valence-electron chi connectivity index (χ2n) is 6.96. The first-order valence-corrected chi connectivity index (χ1v) is 7.96. The predicted molar refractivity (Wildman–Crippen MR) is 81.4 cm³/mol. The lowest BCUT2D eigenvalue weighted by Crippen LogP contribution is -2.46. The normalized spacial score (nSPS) is 38.2. The maximum absolute atomic E-state index is 3.91. The molecule has 2 aliphatic rings. The average molecular weight is 257 g/mol. The van der Waals surface area contributed by atoms with Gasteiger partial charge in [-0.1, -0.05) is 43.7 Å². The largest absolute Gasteiger partial charge is 0.311 e. The van der Waals surface area contributed by atoms with Crippen molar-refractivity contribution < 1.29 is 0 Å². The Balaban J connectivity index is 1.49. The number of benzene rings is 1. The van der Waals surface area contributed by atoms with Gasteiger partial charge in [0.2, 0.25) is 0 Å².